The van der Waals surface area contributed by atoms with Crippen molar-refractivity contribution in [3.05, 3.63) is 21.9 Å². The fraction of sp³-hybridized carbons (Fsp3) is 0.636. The first-order valence-electron chi connectivity index (χ1n) is 4.70. The van der Waals surface area contributed by atoms with Gasteiger partial charge in [0, 0.05) is 4.88 Å². The standard InChI is InChI=1S/C11H18OS/c1-5-11(3,4)10(12)9-6-8(2)13-7-9/h6-7,10,12H,5H2,1-4H3. The van der Waals surface area contributed by atoms with E-state index in [1.807, 2.05) is 0 Å². The van der Waals surface area contributed by atoms with Crippen LogP contribution in [0.4, 0.5) is 0 Å². The zero-order valence-electron chi connectivity index (χ0n) is 8.79. The van der Waals surface area contributed by atoms with Crippen LogP contribution in [0.5, 0.6) is 0 Å². The van der Waals surface area contributed by atoms with Crippen LogP contribution in [-0.2, 0) is 0 Å². The zero-order valence-corrected chi connectivity index (χ0v) is 9.61. The van der Waals surface area contributed by atoms with Gasteiger partial charge in [0.05, 0.1) is 6.10 Å². The minimum Gasteiger partial charge on any atom is -0.388 e. The van der Waals surface area contributed by atoms with Gasteiger partial charge in [0.25, 0.3) is 0 Å². The van der Waals surface area contributed by atoms with Crippen LogP contribution >= 0.6 is 11.3 Å². The molecule has 1 unspecified atom stereocenters. The average molecular weight is 198 g/mol. The Bertz CT molecular complexity index is 275. The number of aliphatic hydroxyl groups excluding tert-OH is 1. The van der Waals surface area contributed by atoms with E-state index in [9.17, 15) is 5.11 Å². The van der Waals surface area contributed by atoms with Crippen molar-refractivity contribution >= 4 is 11.3 Å². The fourth-order valence-electron chi connectivity index (χ4n) is 1.25. The highest BCUT2D eigenvalue weighted by Gasteiger charge is 2.27. The van der Waals surface area contributed by atoms with E-state index in [0.717, 1.165) is 12.0 Å². The van der Waals surface area contributed by atoms with E-state index in [0.29, 0.717) is 0 Å². The molecule has 0 radical (unpaired) electrons. The maximum atomic E-state index is 10.1. The Morgan fingerprint density at radius 2 is 2.15 bits per heavy atom. The van der Waals surface area contributed by atoms with Crippen molar-refractivity contribution in [2.24, 2.45) is 5.41 Å². The molecule has 1 nitrogen and oxygen atoms in total. The van der Waals surface area contributed by atoms with Gasteiger partial charge in [-0.05, 0) is 35.8 Å². The third-order valence-electron chi connectivity index (χ3n) is 2.72. The van der Waals surface area contributed by atoms with Gasteiger partial charge in [0.1, 0.15) is 0 Å². The Balaban J connectivity index is 2.84. The summed E-state index contributed by atoms with van der Waals surface area (Å²) in [6, 6.07) is 2.08. The maximum Gasteiger partial charge on any atom is 0.0848 e. The lowest BCUT2D eigenvalue weighted by atomic mass is 9.81. The molecule has 13 heavy (non-hydrogen) atoms. The van der Waals surface area contributed by atoms with Gasteiger partial charge in [-0.25, -0.2) is 0 Å². The van der Waals surface area contributed by atoms with Crippen LogP contribution < -0.4 is 0 Å². The molecule has 1 N–H and O–H groups in total. The highest BCUT2D eigenvalue weighted by molar-refractivity contribution is 7.10. The minimum absolute atomic E-state index is 0.0203. The number of thiophene rings is 1. The van der Waals surface area contributed by atoms with Gasteiger partial charge in [-0.15, -0.1) is 11.3 Å². The average Bonchev–Trinajstić information content (AvgIpc) is 2.50. The Kier molecular flexibility index (Phi) is 3.14. The van der Waals surface area contributed by atoms with Crippen LogP contribution in [0.1, 0.15) is 43.7 Å². The number of hydrogen-bond donors (Lipinski definition) is 1. The fourth-order valence-corrected chi connectivity index (χ4v) is 1.97. The van der Waals surface area contributed by atoms with Crippen LogP contribution in [-0.4, -0.2) is 5.11 Å². The van der Waals surface area contributed by atoms with Crippen LogP contribution in [0.2, 0.25) is 0 Å². The molecule has 1 aromatic rings. The first kappa shape index (κ1) is 10.7. The number of aliphatic hydroxyl groups is 1. The Morgan fingerprint density at radius 3 is 2.54 bits per heavy atom. The molecule has 0 amide bonds. The van der Waals surface area contributed by atoms with Crippen molar-refractivity contribution in [1.29, 1.82) is 0 Å². The number of rotatable bonds is 3. The van der Waals surface area contributed by atoms with E-state index in [-0.39, 0.29) is 11.5 Å². The van der Waals surface area contributed by atoms with Gasteiger partial charge < -0.3 is 5.11 Å². The van der Waals surface area contributed by atoms with Crippen molar-refractivity contribution < 1.29 is 5.11 Å². The Morgan fingerprint density at radius 1 is 1.54 bits per heavy atom. The molecule has 1 atom stereocenters. The van der Waals surface area contributed by atoms with Crippen molar-refractivity contribution in [3.63, 3.8) is 0 Å². The van der Waals surface area contributed by atoms with Crippen LogP contribution in [0, 0.1) is 12.3 Å². The summed E-state index contributed by atoms with van der Waals surface area (Å²) in [5.74, 6) is 0. The van der Waals surface area contributed by atoms with E-state index >= 15 is 0 Å². The van der Waals surface area contributed by atoms with E-state index in [1.54, 1.807) is 11.3 Å². The summed E-state index contributed by atoms with van der Waals surface area (Å²) < 4.78 is 0. The van der Waals surface area contributed by atoms with Gasteiger partial charge in [0.2, 0.25) is 0 Å². The highest BCUT2D eigenvalue weighted by atomic mass is 32.1. The van der Waals surface area contributed by atoms with Crippen molar-refractivity contribution in [2.45, 2.75) is 40.2 Å². The normalized spacial score (nSPS) is 14.5. The molecule has 0 spiro atoms. The second-order valence-corrected chi connectivity index (χ2v) is 5.35. The lowest BCUT2D eigenvalue weighted by Crippen LogP contribution is -2.20. The van der Waals surface area contributed by atoms with Crippen molar-refractivity contribution in [3.8, 4) is 0 Å². The molecule has 0 aromatic carbocycles. The van der Waals surface area contributed by atoms with Crippen LogP contribution in [0.15, 0.2) is 11.4 Å². The molecule has 0 aliphatic carbocycles. The van der Waals surface area contributed by atoms with Crippen molar-refractivity contribution in [1.82, 2.24) is 0 Å². The predicted octanol–water partition coefficient (Wildman–Crippen LogP) is 3.53. The minimum atomic E-state index is -0.331. The van der Waals surface area contributed by atoms with Gasteiger partial charge in [-0.2, -0.15) is 0 Å². The predicted molar refractivity (Wildman–Crippen MR) is 58.1 cm³/mol. The van der Waals surface area contributed by atoms with Gasteiger partial charge in [-0.3, -0.25) is 0 Å². The summed E-state index contributed by atoms with van der Waals surface area (Å²) in [7, 11) is 0. The SMILES string of the molecule is CCC(C)(C)C(O)c1csc(C)c1. The molecule has 1 aromatic heterocycles. The van der Waals surface area contributed by atoms with Gasteiger partial charge >= 0.3 is 0 Å². The molecule has 0 saturated heterocycles. The first-order valence-corrected chi connectivity index (χ1v) is 5.58. The topological polar surface area (TPSA) is 20.2 Å². The summed E-state index contributed by atoms with van der Waals surface area (Å²) in [5, 5.41) is 12.1. The van der Waals surface area contributed by atoms with Crippen LogP contribution in [0.25, 0.3) is 0 Å². The molecule has 1 heterocycles. The molecule has 0 fully saturated rings. The third kappa shape index (κ3) is 2.32. The van der Waals surface area contributed by atoms with E-state index in [4.69, 9.17) is 0 Å². The van der Waals surface area contributed by atoms with E-state index < -0.39 is 0 Å². The zero-order chi connectivity index (χ0) is 10.1. The molecule has 2 heteroatoms. The smallest absolute Gasteiger partial charge is 0.0848 e. The number of hydrogen-bond acceptors (Lipinski definition) is 2. The monoisotopic (exact) mass is 198 g/mol. The highest BCUT2D eigenvalue weighted by Crippen LogP contribution is 2.37. The summed E-state index contributed by atoms with van der Waals surface area (Å²) in [5.41, 5.74) is 1.04. The lowest BCUT2D eigenvalue weighted by molar-refractivity contribution is 0.0469. The lowest BCUT2D eigenvalue weighted by Gasteiger charge is -2.28. The van der Waals surface area contributed by atoms with Gasteiger partial charge in [-0.1, -0.05) is 20.8 Å². The molecular weight excluding hydrogens is 180 g/mol. The Labute approximate surface area is 84.4 Å². The largest absolute Gasteiger partial charge is 0.388 e. The maximum absolute atomic E-state index is 10.1. The second kappa shape index (κ2) is 3.81. The Hall–Kier alpha value is -0.340. The molecule has 0 aliphatic heterocycles. The van der Waals surface area contributed by atoms with E-state index in [2.05, 4.69) is 39.1 Å². The second-order valence-electron chi connectivity index (χ2n) is 4.24. The van der Waals surface area contributed by atoms with E-state index in [1.165, 1.54) is 4.88 Å². The summed E-state index contributed by atoms with van der Waals surface area (Å²) in [6.45, 7) is 8.39. The van der Waals surface area contributed by atoms with Gasteiger partial charge in [0.15, 0.2) is 0 Å². The summed E-state index contributed by atoms with van der Waals surface area (Å²) in [6.07, 6.45) is 0.658. The third-order valence-corrected chi connectivity index (χ3v) is 3.60. The number of aryl methyl sites for hydroxylation is 1. The molecule has 0 saturated carbocycles. The summed E-state index contributed by atoms with van der Waals surface area (Å²) >= 11 is 1.70. The molecule has 0 bridgehead atoms. The van der Waals surface area contributed by atoms with Crippen molar-refractivity contribution in [2.75, 3.05) is 0 Å². The molecule has 1 rings (SSSR count). The molecule has 0 aliphatic rings. The summed E-state index contributed by atoms with van der Waals surface area (Å²) in [4.78, 5) is 1.26. The van der Waals surface area contributed by atoms with Crippen LogP contribution in [0.3, 0.4) is 0 Å². The first-order chi connectivity index (χ1) is 5.97. The molecule has 74 valence electrons. The quantitative estimate of drug-likeness (QED) is 0.787. The molecular formula is C11H18OS.